The van der Waals surface area contributed by atoms with Crippen LogP contribution in [0.15, 0.2) is 40.9 Å². The number of carbonyl (C=O) groups is 2. The van der Waals surface area contributed by atoms with E-state index < -0.39 is 0 Å². The van der Waals surface area contributed by atoms with Gasteiger partial charge in [-0.1, -0.05) is 28.1 Å². The van der Waals surface area contributed by atoms with E-state index in [9.17, 15) is 14.7 Å². The average Bonchev–Trinajstić information content (AvgIpc) is 2.77. The van der Waals surface area contributed by atoms with Crippen molar-refractivity contribution in [2.45, 2.75) is 20.3 Å². The van der Waals surface area contributed by atoms with Crippen molar-refractivity contribution in [1.29, 1.82) is 0 Å². The van der Waals surface area contributed by atoms with Gasteiger partial charge in [-0.2, -0.15) is 0 Å². The van der Waals surface area contributed by atoms with E-state index in [1.54, 1.807) is 28.0 Å². The molecular weight excluding hydrogens is 464 g/mol. The second-order valence-electron chi connectivity index (χ2n) is 7.12. The van der Waals surface area contributed by atoms with Crippen LogP contribution in [-0.2, 0) is 11.2 Å². The Bertz CT molecular complexity index is 942. The van der Waals surface area contributed by atoms with Crippen molar-refractivity contribution in [3.63, 3.8) is 0 Å². The molecule has 1 saturated heterocycles. The Morgan fingerprint density at radius 1 is 0.968 bits per heavy atom. The normalized spacial score (nSPS) is 13.8. The molecule has 166 valence electrons. The molecule has 1 N–H and O–H groups in total. The van der Waals surface area contributed by atoms with Gasteiger partial charge in [0.1, 0.15) is 5.75 Å². The molecule has 0 atom stereocenters. The number of aromatic hydroxyl groups is 1. The van der Waals surface area contributed by atoms with Crippen molar-refractivity contribution >= 4 is 27.7 Å². The molecule has 0 aromatic heterocycles. The summed E-state index contributed by atoms with van der Waals surface area (Å²) < 4.78 is 12.1. The number of ether oxygens (including phenoxy) is 2. The largest absolute Gasteiger partial charge is 0.507 e. The number of hydrogen-bond donors (Lipinski definition) is 1. The van der Waals surface area contributed by atoms with Crippen LogP contribution in [-0.4, -0.2) is 66.1 Å². The molecular formula is C23H27BrN2O5. The molecule has 1 aliphatic rings. The molecule has 0 spiro atoms. The van der Waals surface area contributed by atoms with E-state index in [0.717, 1.165) is 10.0 Å². The highest BCUT2D eigenvalue weighted by Crippen LogP contribution is 2.34. The summed E-state index contributed by atoms with van der Waals surface area (Å²) in [6, 6.07) is 10.2. The number of hydrogen-bond acceptors (Lipinski definition) is 5. The first-order valence-electron chi connectivity index (χ1n) is 10.4. The highest BCUT2D eigenvalue weighted by atomic mass is 79.9. The van der Waals surface area contributed by atoms with Gasteiger partial charge in [0.15, 0.2) is 11.5 Å². The predicted octanol–water partition coefficient (Wildman–Crippen LogP) is 3.48. The maximum Gasteiger partial charge on any atom is 0.257 e. The number of halogens is 1. The summed E-state index contributed by atoms with van der Waals surface area (Å²) in [7, 11) is 0. The Morgan fingerprint density at radius 3 is 2.16 bits per heavy atom. The minimum Gasteiger partial charge on any atom is -0.507 e. The second-order valence-corrected chi connectivity index (χ2v) is 7.98. The lowest BCUT2D eigenvalue weighted by atomic mass is 10.1. The van der Waals surface area contributed by atoms with Gasteiger partial charge in [0.25, 0.3) is 5.91 Å². The number of carbonyl (C=O) groups excluding carboxylic acids is 2. The molecule has 3 rings (SSSR count). The maximum absolute atomic E-state index is 12.9. The zero-order chi connectivity index (χ0) is 22.4. The van der Waals surface area contributed by atoms with Crippen LogP contribution < -0.4 is 9.47 Å². The van der Waals surface area contributed by atoms with E-state index in [1.165, 1.54) is 6.07 Å². The summed E-state index contributed by atoms with van der Waals surface area (Å²) in [5.41, 5.74) is 1.11. The molecule has 2 aromatic carbocycles. The maximum atomic E-state index is 12.9. The fourth-order valence-corrected chi connectivity index (χ4v) is 3.97. The highest BCUT2D eigenvalue weighted by Gasteiger charge is 2.26. The van der Waals surface area contributed by atoms with Gasteiger partial charge in [0, 0.05) is 30.7 Å². The van der Waals surface area contributed by atoms with Gasteiger partial charge in [-0.05, 0) is 43.7 Å². The molecule has 2 aromatic rings. The van der Waals surface area contributed by atoms with Gasteiger partial charge < -0.3 is 24.4 Å². The average molecular weight is 491 g/mol. The lowest BCUT2D eigenvalue weighted by Crippen LogP contribution is -2.51. The minimum absolute atomic E-state index is 0.0121. The Kier molecular flexibility index (Phi) is 7.79. The van der Waals surface area contributed by atoms with Crippen LogP contribution in [0.5, 0.6) is 17.2 Å². The van der Waals surface area contributed by atoms with E-state index in [0.29, 0.717) is 50.9 Å². The van der Waals surface area contributed by atoms with Crippen molar-refractivity contribution in [3.8, 4) is 17.2 Å². The standard InChI is InChI=1S/C23H27BrN2O5/c1-3-30-20-13-16(18(24)15-21(20)31-4-2)14-22(28)25-9-11-26(12-10-25)23(29)17-7-5-6-8-19(17)27/h5-8,13,15,27H,3-4,9-12,14H2,1-2H3. The summed E-state index contributed by atoms with van der Waals surface area (Å²) in [5, 5.41) is 9.92. The second kappa shape index (κ2) is 10.5. The molecule has 1 fully saturated rings. The lowest BCUT2D eigenvalue weighted by molar-refractivity contribution is -0.131. The Morgan fingerprint density at radius 2 is 1.55 bits per heavy atom. The predicted molar refractivity (Wildman–Crippen MR) is 121 cm³/mol. The van der Waals surface area contributed by atoms with Crippen LogP contribution in [0.25, 0.3) is 0 Å². The van der Waals surface area contributed by atoms with Crippen LogP contribution in [0, 0.1) is 0 Å². The van der Waals surface area contributed by atoms with Crippen LogP contribution >= 0.6 is 15.9 Å². The molecule has 1 heterocycles. The minimum atomic E-state index is -0.221. The van der Waals surface area contributed by atoms with Crippen LogP contribution in [0.4, 0.5) is 0 Å². The third-order valence-electron chi connectivity index (χ3n) is 5.11. The summed E-state index contributed by atoms with van der Waals surface area (Å²) in [6.45, 7) is 6.58. The number of para-hydroxylation sites is 1. The van der Waals surface area contributed by atoms with Crippen LogP contribution in [0.1, 0.15) is 29.8 Å². The van der Waals surface area contributed by atoms with Crippen molar-refractivity contribution < 1.29 is 24.2 Å². The Balaban J connectivity index is 1.63. The number of piperazine rings is 1. The van der Waals surface area contributed by atoms with E-state index in [2.05, 4.69) is 15.9 Å². The summed E-state index contributed by atoms with van der Waals surface area (Å²) >= 11 is 3.53. The van der Waals surface area contributed by atoms with Crippen molar-refractivity contribution in [2.75, 3.05) is 39.4 Å². The lowest BCUT2D eigenvalue weighted by Gasteiger charge is -2.35. The molecule has 0 radical (unpaired) electrons. The summed E-state index contributed by atoms with van der Waals surface area (Å²) in [6.07, 6.45) is 0.223. The first-order valence-corrected chi connectivity index (χ1v) is 11.2. The van der Waals surface area contributed by atoms with E-state index >= 15 is 0 Å². The highest BCUT2D eigenvalue weighted by molar-refractivity contribution is 9.10. The van der Waals surface area contributed by atoms with Crippen LogP contribution in [0.3, 0.4) is 0 Å². The molecule has 8 heteroatoms. The number of phenolic OH excluding ortho intramolecular Hbond substituents is 1. The number of amides is 2. The molecule has 7 nitrogen and oxygen atoms in total. The fraction of sp³-hybridized carbons (Fsp3) is 0.391. The molecule has 2 amide bonds. The van der Waals surface area contributed by atoms with Crippen molar-refractivity contribution in [1.82, 2.24) is 9.80 Å². The van der Waals surface area contributed by atoms with E-state index in [4.69, 9.17) is 9.47 Å². The molecule has 0 bridgehead atoms. The molecule has 0 unspecified atom stereocenters. The third-order valence-corrected chi connectivity index (χ3v) is 5.85. The topological polar surface area (TPSA) is 79.3 Å². The summed E-state index contributed by atoms with van der Waals surface area (Å²) in [5.74, 6) is 0.997. The van der Waals surface area contributed by atoms with Gasteiger partial charge >= 0.3 is 0 Å². The van der Waals surface area contributed by atoms with Gasteiger partial charge in [-0.15, -0.1) is 0 Å². The number of benzene rings is 2. The van der Waals surface area contributed by atoms with E-state index in [-0.39, 0.29) is 29.5 Å². The first-order chi connectivity index (χ1) is 14.9. The monoisotopic (exact) mass is 490 g/mol. The summed E-state index contributed by atoms with van der Waals surface area (Å²) in [4.78, 5) is 29.0. The molecule has 1 aliphatic heterocycles. The van der Waals surface area contributed by atoms with Gasteiger partial charge in [0.2, 0.25) is 5.91 Å². The first kappa shape index (κ1) is 22.9. The fourth-order valence-electron chi connectivity index (χ4n) is 3.51. The number of phenols is 1. The van der Waals surface area contributed by atoms with Crippen molar-refractivity contribution in [2.24, 2.45) is 0 Å². The Labute approximate surface area is 190 Å². The van der Waals surface area contributed by atoms with Gasteiger partial charge in [-0.25, -0.2) is 0 Å². The third kappa shape index (κ3) is 5.50. The zero-order valence-electron chi connectivity index (χ0n) is 17.8. The number of nitrogens with zero attached hydrogens (tertiary/aromatic N) is 2. The van der Waals surface area contributed by atoms with Crippen LogP contribution in [0.2, 0.25) is 0 Å². The van der Waals surface area contributed by atoms with Crippen molar-refractivity contribution in [3.05, 3.63) is 52.0 Å². The molecule has 0 saturated carbocycles. The smallest absolute Gasteiger partial charge is 0.257 e. The Hall–Kier alpha value is -2.74. The molecule has 31 heavy (non-hydrogen) atoms. The molecule has 0 aliphatic carbocycles. The van der Waals surface area contributed by atoms with E-state index in [1.807, 2.05) is 26.0 Å². The quantitative estimate of drug-likeness (QED) is 0.642. The van der Waals surface area contributed by atoms with Gasteiger partial charge in [-0.3, -0.25) is 9.59 Å². The SMILES string of the molecule is CCOc1cc(Br)c(CC(=O)N2CCN(C(=O)c3ccccc3O)CC2)cc1OCC. The number of rotatable bonds is 7. The van der Waals surface area contributed by atoms with Gasteiger partial charge in [0.05, 0.1) is 25.2 Å². The zero-order valence-corrected chi connectivity index (χ0v) is 19.4.